The van der Waals surface area contributed by atoms with Crippen molar-refractivity contribution in [3.05, 3.63) is 0 Å². The van der Waals surface area contributed by atoms with Crippen molar-refractivity contribution in [1.82, 2.24) is 15.1 Å². The summed E-state index contributed by atoms with van der Waals surface area (Å²) in [5.74, 6) is 0.233. The molecule has 23 heavy (non-hydrogen) atoms. The largest absolute Gasteiger partial charge is 0.336 e. The number of urea groups is 1. The Morgan fingerprint density at radius 1 is 1.30 bits per heavy atom. The summed E-state index contributed by atoms with van der Waals surface area (Å²) in [5.41, 5.74) is 0.176. The molecular formula is C16H31N3O3S. The fraction of sp³-hybridized carbons (Fsp3) is 0.938. The maximum absolute atomic E-state index is 12.5. The highest BCUT2D eigenvalue weighted by Gasteiger charge is 2.36. The lowest BCUT2D eigenvalue weighted by Crippen LogP contribution is -2.55. The van der Waals surface area contributed by atoms with Gasteiger partial charge in [-0.15, -0.1) is 0 Å². The predicted octanol–water partition coefficient (Wildman–Crippen LogP) is 1.18. The monoisotopic (exact) mass is 345 g/mol. The first kappa shape index (κ1) is 18.5. The zero-order chi connectivity index (χ0) is 17.3. The van der Waals surface area contributed by atoms with Crippen LogP contribution >= 0.6 is 0 Å². The Bertz CT molecular complexity index is 533. The molecule has 2 aliphatic heterocycles. The summed E-state index contributed by atoms with van der Waals surface area (Å²) in [4.78, 5) is 16.4. The second-order valence-electron chi connectivity index (χ2n) is 7.94. The molecule has 2 atom stereocenters. The highest BCUT2D eigenvalue weighted by molar-refractivity contribution is 7.91. The number of carbonyl (C=O) groups excluding carboxylic acids is 1. The summed E-state index contributed by atoms with van der Waals surface area (Å²) < 4.78 is 23.6. The molecule has 0 unspecified atom stereocenters. The van der Waals surface area contributed by atoms with E-state index < -0.39 is 9.84 Å². The van der Waals surface area contributed by atoms with Crippen LogP contribution in [-0.2, 0) is 9.84 Å². The zero-order valence-corrected chi connectivity index (χ0v) is 15.7. The van der Waals surface area contributed by atoms with Gasteiger partial charge in [-0.05, 0) is 37.8 Å². The van der Waals surface area contributed by atoms with Gasteiger partial charge < -0.3 is 15.1 Å². The number of nitrogens with zero attached hydrogens (tertiary/aromatic N) is 2. The molecule has 2 heterocycles. The molecule has 0 radical (unpaired) electrons. The van der Waals surface area contributed by atoms with Crippen molar-refractivity contribution in [2.45, 2.75) is 39.7 Å². The van der Waals surface area contributed by atoms with Crippen LogP contribution in [0.15, 0.2) is 0 Å². The number of hydrogen-bond acceptors (Lipinski definition) is 4. The van der Waals surface area contributed by atoms with Crippen molar-refractivity contribution in [3.63, 3.8) is 0 Å². The highest BCUT2D eigenvalue weighted by Crippen LogP contribution is 2.33. The van der Waals surface area contributed by atoms with Crippen molar-refractivity contribution < 1.29 is 13.2 Å². The van der Waals surface area contributed by atoms with Crippen molar-refractivity contribution in [3.8, 4) is 0 Å². The molecule has 2 aliphatic rings. The zero-order valence-electron chi connectivity index (χ0n) is 14.8. The molecule has 134 valence electrons. The first-order chi connectivity index (χ1) is 10.6. The number of hydrogen-bond donors (Lipinski definition) is 1. The van der Waals surface area contributed by atoms with E-state index in [9.17, 15) is 13.2 Å². The fourth-order valence-corrected chi connectivity index (χ4v) is 5.54. The first-order valence-electron chi connectivity index (χ1n) is 8.54. The van der Waals surface area contributed by atoms with E-state index in [0.717, 1.165) is 13.0 Å². The number of likely N-dealkylation sites (N-methyl/N-ethyl adjacent to an activating group) is 1. The van der Waals surface area contributed by atoms with Crippen LogP contribution in [0.5, 0.6) is 0 Å². The summed E-state index contributed by atoms with van der Waals surface area (Å²) in [7, 11) is -0.918. The first-order valence-corrected chi connectivity index (χ1v) is 10.4. The van der Waals surface area contributed by atoms with E-state index in [1.807, 2.05) is 6.92 Å². The molecule has 0 aliphatic carbocycles. The third-order valence-corrected chi connectivity index (χ3v) is 7.12. The molecule has 0 saturated carbocycles. The van der Waals surface area contributed by atoms with Crippen LogP contribution in [0.2, 0.25) is 0 Å². The molecule has 0 bridgehead atoms. The molecule has 6 nitrogen and oxygen atoms in total. The van der Waals surface area contributed by atoms with E-state index in [-0.39, 0.29) is 28.9 Å². The van der Waals surface area contributed by atoms with E-state index >= 15 is 0 Å². The Morgan fingerprint density at radius 3 is 2.65 bits per heavy atom. The summed E-state index contributed by atoms with van der Waals surface area (Å²) in [5, 5.41) is 3.03. The van der Waals surface area contributed by atoms with Gasteiger partial charge in [0.15, 0.2) is 9.84 Å². The lowest BCUT2D eigenvalue weighted by Gasteiger charge is -2.45. The molecule has 7 heteroatoms. The Balaban J connectivity index is 1.93. The molecule has 1 N–H and O–H groups in total. The van der Waals surface area contributed by atoms with Gasteiger partial charge >= 0.3 is 6.03 Å². The SMILES string of the molecule is C[C@H]1CN(C(=O)NC[C@H]2N(C)CCCC2(C)C)CCS(=O)(=O)C1. The molecule has 2 amide bonds. The molecular weight excluding hydrogens is 314 g/mol. The number of sulfone groups is 1. The molecule has 0 spiro atoms. The van der Waals surface area contributed by atoms with E-state index in [0.29, 0.717) is 25.7 Å². The normalized spacial score (nSPS) is 31.4. The maximum atomic E-state index is 12.5. The number of amides is 2. The molecule has 2 saturated heterocycles. The van der Waals surface area contributed by atoms with Crippen molar-refractivity contribution in [2.75, 3.05) is 44.7 Å². The summed E-state index contributed by atoms with van der Waals surface area (Å²) in [6, 6.07) is 0.178. The standard InChI is InChI=1S/C16H31N3O3S/c1-13-11-19(8-9-23(21,22)12-13)15(20)17-10-14-16(2,3)6-5-7-18(14)4/h13-14H,5-12H2,1-4H3,(H,17,20)/t13-,14+/m0/s1. The lowest BCUT2D eigenvalue weighted by molar-refractivity contribution is 0.0587. The summed E-state index contributed by atoms with van der Waals surface area (Å²) in [6.07, 6.45) is 2.35. The van der Waals surface area contributed by atoms with Gasteiger partial charge in [-0.25, -0.2) is 13.2 Å². The van der Waals surface area contributed by atoms with Gasteiger partial charge in [0.05, 0.1) is 11.5 Å². The smallest absolute Gasteiger partial charge is 0.317 e. The summed E-state index contributed by atoms with van der Waals surface area (Å²) >= 11 is 0. The molecule has 0 aromatic carbocycles. The number of nitrogens with one attached hydrogen (secondary N) is 1. The van der Waals surface area contributed by atoms with Crippen LogP contribution < -0.4 is 5.32 Å². The van der Waals surface area contributed by atoms with Crippen LogP contribution in [0.25, 0.3) is 0 Å². The quantitative estimate of drug-likeness (QED) is 0.816. The van der Waals surface area contributed by atoms with Gasteiger partial charge in [0.1, 0.15) is 0 Å². The van der Waals surface area contributed by atoms with Gasteiger partial charge in [0.2, 0.25) is 0 Å². The maximum Gasteiger partial charge on any atom is 0.317 e. The minimum Gasteiger partial charge on any atom is -0.336 e. The van der Waals surface area contributed by atoms with Gasteiger partial charge in [-0.1, -0.05) is 20.8 Å². The number of likely N-dealkylation sites (tertiary alicyclic amines) is 1. The van der Waals surface area contributed by atoms with Gasteiger partial charge in [-0.3, -0.25) is 0 Å². The van der Waals surface area contributed by atoms with Crippen molar-refractivity contribution >= 4 is 15.9 Å². The second kappa shape index (κ2) is 6.97. The number of carbonyl (C=O) groups is 1. The van der Waals surface area contributed by atoms with Crippen LogP contribution in [0.1, 0.15) is 33.6 Å². The van der Waals surface area contributed by atoms with Gasteiger partial charge in [-0.2, -0.15) is 0 Å². The number of rotatable bonds is 2. The minimum atomic E-state index is -3.03. The van der Waals surface area contributed by atoms with E-state index in [2.05, 4.69) is 31.1 Å². The Hall–Kier alpha value is -0.820. The van der Waals surface area contributed by atoms with Gasteiger partial charge in [0, 0.05) is 25.7 Å². The minimum absolute atomic E-state index is 0.0120. The van der Waals surface area contributed by atoms with Crippen LogP contribution in [0.3, 0.4) is 0 Å². The van der Waals surface area contributed by atoms with E-state index in [1.165, 1.54) is 6.42 Å². The average Bonchev–Trinajstić information content (AvgIpc) is 2.54. The van der Waals surface area contributed by atoms with E-state index in [4.69, 9.17) is 0 Å². The van der Waals surface area contributed by atoms with E-state index in [1.54, 1.807) is 4.90 Å². The summed E-state index contributed by atoms with van der Waals surface area (Å²) in [6.45, 7) is 8.86. The second-order valence-corrected chi connectivity index (χ2v) is 10.2. The van der Waals surface area contributed by atoms with Crippen molar-refractivity contribution in [1.29, 1.82) is 0 Å². The average molecular weight is 346 g/mol. The molecule has 2 fully saturated rings. The Kier molecular flexibility index (Phi) is 5.61. The van der Waals surface area contributed by atoms with Crippen molar-refractivity contribution in [2.24, 2.45) is 11.3 Å². The van der Waals surface area contributed by atoms with Crippen LogP contribution in [0, 0.1) is 11.3 Å². The third kappa shape index (κ3) is 4.83. The van der Waals surface area contributed by atoms with Gasteiger partial charge in [0.25, 0.3) is 0 Å². The Morgan fingerprint density at radius 2 is 2.00 bits per heavy atom. The number of piperidine rings is 1. The highest BCUT2D eigenvalue weighted by atomic mass is 32.2. The predicted molar refractivity (Wildman–Crippen MR) is 92.2 cm³/mol. The van der Waals surface area contributed by atoms with Crippen LogP contribution in [-0.4, -0.2) is 75.0 Å². The fourth-order valence-electron chi connectivity index (χ4n) is 3.90. The topological polar surface area (TPSA) is 69.7 Å². The molecule has 0 aromatic heterocycles. The van der Waals surface area contributed by atoms with Crippen LogP contribution in [0.4, 0.5) is 4.79 Å². The Labute approximate surface area is 140 Å². The lowest BCUT2D eigenvalue weighted by atomic mass is 9.76. The third-order valence-electron chi connectivity index (χ3n) is 5.24. The molecule has 0 aromatic rings. The molecule has 2 rings (SSSR count).